The van der Waals surface area contributed by atoms with E-state index in [1.54, 1.807) is 7.11 Å². The van der Waals surface area contributed by atoms with Gasteiger partial charge in [0.25, 0.3) is 0 Å². The monoisotopic (exact) mass is 359 g/mol. The Morgan fingerprint density at radius 2 is 2.12 bits per heavy atom. The van der Waals surface area contributed by atoms with Crippen molar-refractivity contribution >= 4 is 34.3 Å². The third-order valence-corrected chi connectivity index (χ3v) is 4.10. The summed E-state index contributed by atoms with van der Waals surface area (Å²) in [5.74, 6) is 1.47. The molecule has 0 bridgehead atoms. The van der Waals surface area contributed by atoms with Gasteiger partial charge in [-0.1, -0.05) is 17.7 Å². The Morgan fingerprint density at radius 3 is 2.84 bits per heavy atom. The van der Waals surface area contributed by atoms with E-state index in [1.807, 2.05) is 30.6 Å². The maximum atomic E-state index is 6.08. The second-order valence-electron chi connectivity index (χ2n) is 6.14. The first-order valence-corrected chi connectivity index (χ1v) is 8.71. The van der Waals surface area contributed by atoms with E-state index in [0.717, 1.165) is 35.5 Å². The van der Waals surface area contributed by atoms with Gasteiger partial charge in [-0.15, -0.1) is 0 Å². The van der Waals surface area contributed by atoms with Crippen molar-refractivity contribution in [2.75, 3.05) is 19.0 Å². The average Bonchev–Trinajstić information content (AvgIpc) is 2.99. The molecule has 7 heteroatoms. The van der Waals surface area contributed by atoms with Crippen molar-refractivity contribution in [2.24, 2.45) is 0 Å². The van der Waals surface area contributed by atoms with Crippen molar-refractivity contribution in [1.29, 1.82) is 0 Å². The predicted octanol–water partition coefficient (Wildman–Crippen LogP) is 4.38. The normalized spacial score (nSPS) is 11.4. The fourth-order valence-corrected chi connectivity index (χ4v) is 2.81. The second-order valence-corrected chi connectivity index (χ2v) is 6.57. The third-order valence-electron chi connectivity index (χ3n) is 3.86. The number of ether oxygens (including phenoxy) is 1. The molecular formula is C18H22ClN5O. The SMILES string of the molecule is COCCCc1nc(Nc2cccc(Cl)c2)c2ncn(C(C)C)c2n1. The molecule has 2 aromatic heterocycles. The van der Waals surface area contributed by atoms with Crippen LogP contribution in [0.2, 0.25) is 5.02 Å². The first-order valence-electron chi connectivity index (χ1n) is 8.33. The molecule has 0 atom stereocenters. The van der Waals surface area contributed by atoms with Gasteiger partial charge < -0.3 is 14.6 Å². The summed E-state index contributed by atoms with van der Waals surface area (Å²) < 4.78 is 7.19. The van der Waals surface area contributed by atoms with Crippen LogP contribution in [0.25, 0.3) is 11.2 Å². The molecule has 0 aliphatic carbocycles. The lowest BCUT2D eigenvalue weighted by Crippen LogP contribution is -2.06. The summed E-state index contributed by atoms with van der Waals surface area (Å²) in [4.78, 5) is 13.9. The summed E-state index contributed by atoms with van der Waals surface area (Å²) in [6, 6.07) is 7.82. The van der Waals surface area contributed by atoms with E-state index in [4.69, 9.17) is 21.3 Å². The molecule has 3 rings (SSSR count). The maximum absolute atomic E-state index is 6.08. The number of aromatic nitrogens is 4. The molecule has 0 saturated carbocycles. The summed E-state index contributed by atoms with van der Waals surface area (Å²) >= 11 is 6.08. The van der Waals surface area contributed by atoms with E-state index in [1.165, 1.54) is 0 Å². The van der Waals surface area contributed by atoms with E-state index in [2.05, 4.69) is 33.7 Å². The van der Waals surface area contributed by atoms with Gasteiger partial charge in [-0.25, -0.2) is 15.0 Å². The average molecular weight is 360 g/mol. The van der Waals surface area contributed by atoms with Crippen LogP contribution < -0.4 is 5.32 Å². The highest BCUT2D eigenvalue weighted by molar-refractivity contribution is 6.30. The quantitative estimate of drug-likeness (QED) is 0.634. The molecule has 132 valence electrons. The fraction of sp³-hybridized carbons (Fsp3) is 0.389. The standard InChI is InChI=1S/C18H22ClN5O/c1-12(2)24-11-20-16-17(21-14-7-4-6-13(19)10-14)22-15(23-18(16)24)8-5-9-25-3/h4,6-7,10-12H,5,8-9H2,1-3H3,(H,21,22,23). The Hall–Kier alpha value is -2.18. The number of methoxy groups -OCH3 is 1. The summed E-state index contributed by atoms with van der Waals surface area (Å²) in [5, 5.41) is 4.00. The number of nitrogens with zero attached hydrogens (tertiary/aromatic N) is 4. The number of nitrogens with one attached hydrogen (secondary N) is 1. The van der Waals surface area contributed by atoms with Crippen molar-refractivity contribution in [1.82, 2.24) is 19.5 Å². The third kappa shape index (κ3) is 4.08. The van der Waals surface area contributed by atoms with Gasteiger partial charge in [-0.3, -0.25) is 0 Å². The Labute approximate surface area is 152 Å². The van der Waals surface area contributed by atoms with Crippen molar-refractivity contribution in [2.45, 2.75) is 32.7 Å². The molecule has 1 aromatic carbocycles. The fourth-order valence-electron chi connectivity index (χ4n) is 2.62. The molecule has 0 fully saturated rings. The molecule has 0 aliphatic rings. The van der Waals surface area contributed by atoms with Gasteiger partial charge in [0.2, 0.25) is 0 Å². The van der Waals surface area contributed by atoms with Crippen LogP contribution in [-0.4, -0.2) is 33.2 Å². The number of aryl methyl sites for hydroxylation is 1. The van der Waals surface area contributed by atoms with Crippen molar-refractivity contribution < 1.29 is 4.74 Å². The molecular weight excluding hydrogens is 338 g/mol. The van der Waals surface area contributed by atoms with E-state index >= 15 is 0 Å². The number of imidazole rings is 1. The smallest absolute Gasteiger partial charge is 0.166 e. The lowest BCUT2D eigenvalue weighted by atomic mass is 10.3. The number of anilines is 2. The molecule has 0 saturated heterocycles. The van der Waals surface area contributed by atoms with Crippen LogP contribution in [0.3, 0.4) is 0 Å². The minimum Gasteiger partial charge on any atom is -0.385 e. The van der Waals surface area contributed by atoms with Crippen LogP contribution in [0.1, 0.15) is 32.1 Å². The Balaban J connectivity index is 2.02. The molecule has 2 heterocycles. The second kappa shape index (κ2) is 7.80. The summed E-state index contributed by atoms with van der Waals surface area (Å²) in [7, 11) is 1.70. The van der Waals surface area contributed by atoms with Gasteiger partial charge >= 0.3 is 0 Å². The van der Waals surface area contributed by atoms with Gasteiger partial charge in [0.1, 0.15) is 5.82 Å². The number of hydrogen-bond donors (Lipinski definition) is 1. The topological polar surface area (TPSA) is 64.9 Å². The number of benzene rings is 1. The summed E-state index contributed by atoms with van der Waals surface area (Å²) in [6.07, 6.45) is 3.43. The zero-order chi connectivity index (χ0) is 17.8. The number of fused-ring (bicyclic) bond motifs is 1. The van der Waals surface area contributed by atoms with Crippen molar-refractivity contribution in [3.8, 4) is 0 Å². The van der Waals surface area contributed by atoms with Crippen LogP contribution in [0.15, 0.2) is 30.6 Å². The highest BCUT2D eigenvalue weighted by Gasteiger charge is 2.15. The highest BCUT2D eigenvalue weighted by atomic mass is 35.5. The molecule has 6 nitrogen and oxygen atoms in total. The van der Waals surface area contributed by atoms with Gasteiger partial charge in [-0.2, -0.15) is 0 Å². The molecule has 0 aliphatic heterocycles. The van der Waals surface area contributed by atoms with Crippen LogP contribution in [0, 0.1) is 0 Å². The molecule has 0 amide bonds. The van der Waals surface area contributed by atoms with Gasteiger partial charge in [0, 0.05) is 36.9 Å². The van der Waals surface area contributed by atoms with Gasteiger partial charge in [-0.05, 0) is 38.5 Å². The van der Waals surface area contributed by atoms with Crippen LogP contribution in [0.5, 0.6) is 0 Å². The van der Waals surface area contributed by atoms with Crippen molar-refractivity contribution in [3.05, 3.63) is 41.4 Å². The van der Waals surface area contributed by atoms with Crippen LogP contribution in [0.4, 0.5) is 11.5 Å². The molecule has 0 spiro atoms. The molecule has 3 aromatic rings. The first-order chi connectivity index (χ1) is 12.1. The largest absolute Gasteiger partial charge is 0.385 e. The van der Waals surface area contributed by atoms with E-state index in [-0.39, 0.29) is 6.04 Å². The first kappa shape index (κ1) is 17.6. The molecule has 0 unspecified atom stereocenters. The van der Waals surface area contributed by atoms with Crippen molar-refractivity contribution in [3.63, 3.8) is 0 Å². The molecule has 25 heavy (non-hydrogen) atoms. The highest BCUT2D eigenvalue weighted by Crippen LogP contribution is 2.26. The number of halogens is 1. The van der Waals surface area contributed by atoms with Crippen LogP contribution in [-0.2, 0) is 11.2 Å². The lowest BCUT2D eigenvalue weighted by Gasteiger charge is -2.11. The Bertz CT molecular complexity index is 862. The summed E-state index contributed by atoms with van der Waals surface area (Å²) in [6.45, 7) is 4.90. The minimum absolute atomic E-state index is 0.269. The maximum Gasteiger partial charge on any atom is 0.166 e. The predicted molar refractivity (Wildman–Crippen MR) is 101 cm³/mol. The summed E-state index contributed by atoms with van der Waals surface area (Å²) in [5.41, 5.74) is 2.46. The Kier molecular flexibility index (Phi) is 5.50. The van der Waals surface area contributed by atoms with E-state index < -0.39 is 0 Å². The minimum atomic E-state index is 0.269. The zero-order valence-corrected chi connectivity index (χ0v) is 15.4. The van der Waals surface area contributed by atoms with Gasteiger partial charge in [0.15, 0.2) is 17.0 Å². The number of hydrogen-bond acceptors (Lipinski definition) is 5. The molecule has 1 N–H and O–H groups in total. The van der Waals surface area contributed by atoms with Gasteiger partial charge in [0.05, 0.1) is 6.33 Å². The molecule has 0 radical (unpaired) electrons. The van der Waals surface area contributed by atoms with E-state index in [9.17, 15) is 0 Å². The lowest BCUT2D eigenvalue weighted by molar-refractivity contribution is 0.194. The number of rotatable bonds is 7. The Morgan fingerprint density at radius 1 is 1.28 bits per heavy atom. The van der Waals surface area contributed by atoms with E-state index in [0.29, 0.717) is 17.4 Å². The zero-order valence-electron chi connectivity index (χ0n) is 14.7. The van der Waals surface area contributed by atoms with Crippen LogP contribution >= 0.6 is 11.6 Å².